The molecule has 4 nitrogen and oxygen atoms in total. The van der Waals surface area contributed by atoms with Crippen molar-refractivity contribution in [2.24, 2.45) is 11.8 Å². The first-order valence-corrected chi connectivity index (χ1v) is 21.2. The summed E-state index contributed by atoms with van der Waals surface area (Å²) in [4.78, 5) is 23.9. The Balaban J connectivity index is 1.53. The van der Waals surface area contributed by atoms with Gasteiger partial charge in [0.25, 0.3) is 0 Å². The lowest BCUT2D eigenvalue weighted by molar-refractivity contribution is -0.144. The summed E-state index contributed by atoms with van der Waals surface area (Å²) in [5, 5.41) is 2.02. The van der Waals surface area contributed by atoms with Gasteiger partial charge in [-0.05, 0) is 62.9 Å². The van der Waals surface area contributed by atoms with Gasteiger partial charge in [-0.15, -0.1) is 47.0 Å². The third kappa shape index (κ3) is 9.76. The van der Waals surface area contributed by atoms with Crippen LogP contribution in [0.4, 0.5) is 0 Å². The fraction of sp³-hybridized carbons (Fsp3) is 0.800. The Morgan fingerprint density at radius 1 is 0.775 bits per heavy atom. The quantitative estimate of drug-likeness (QED) is 0.119. The standard InChI is InChI=1S/C30H48O4S6/c1-7-11-21(33-25(31)9-3)23-17-37-29(39-23)27(35-5)19-13-15-20(16-14-19)28(36-6)30-38-18-24(40-30)22(12-8-2)34-26(32)10-4/h9-10,19-24,27-30H,3-4,7-8,11-18H2,1-2,5-6H3. The zero-order valence-electron chi connectivity index (χ0n) is 24.5. The number of carbonyl (C=O) groups excluding carboxylic acids is 2. The average molecular weight is 665 g/mol. The maximum absolute atomic E-state index is 11.9. The van der Waals surface area contributed by atoms with Crippen molar-refractivity contribution in [3.8, 4) is 0 Å². The number of hydrogen-bond donors (Lipinski definition) is 0. The van der Waals surface area contributed by atoms with Gasteiger partial charge in [0.1, 0.15) is 12.2 Å². The largest absolute Gasteiger partial charge is 0.458 e. The fourth-order valence-electron chi connectivity index (χ4n) is 6.07. The Kier molecular flexibility index (Phi) is 16.1. The molecule has 0 N–H and O–H groups in total. The van der Waals surface area contributed by atoms with Crippen LogP contribution in [0.1, 0.15) is 65.2 Å². The molecule has 0 spiro atoms. The summed E-state index contributed by atoms with van der Waals surface area (Å²) in [5.41, 5.74) is 0. The van der Waals surface area contributed by atoms with Gasteiger partial charge in [0, 0.05) is 34.2 Å². The van der Waals surface area contributed by atoms with Gasteiger partial charge in [-0.2, -0.15) is 23.5 Å². The molecule has 3 fully saturated rings. The Bertz CT molecular complexity index is 754. The molecule has 2 heterocycles. The molecule has 10 heteroatoms. The molecule has 0 radical (unpaired) electrons. The Hall–Kier alpha value is 0.520. The van der Waals surface area contributed by atoms with E-state index in [0.717, 1.165) is 49.0 Å². The zero-order chi connectivity index (χ0) is 29.1. The molecule has 0 aromatic carbocycles. The third-order valence-electron chi connectivity index (χ3n) is 8.14. The molecule has 2 saturated heterocycles. The smallest absolute Gasteiger partial charge is 0.330 e. The van der Waals surface area contributed by atoms with Gasteiger partial charge in [0.2, 0.25) is 0 Å². The minimum Gasteiger partial charge on any atom is -0.458 e. The van der Waals surface area contributed by atoms with Crippen LogP contribution in [0.15, 0.2) is 25.3 Å². The summed E-state index contributed by atoms with van der Waals surface area (Å²) in [6.45, 7) is 11.5. The minimum atomic E-state index is -0.292. The molecule has 3 aliphatic rings. The molecule has 2 aliphatic heterocycles. The van der Waals surface area contributed by atoms with Crippen molar-refractivity contribution in [1.82, 2.24) is 0 Å². The molecule has 3 rings (SSSR count). The molecule has 0 aromatic rings. The highest BCUT2D eigenvalue weighted by atomic mass is 32.2. The molecular weight excluding hydrogens is 617 g/mol. The normalized spacial score (nSPS) is 31.6. The summed E-state index contributed by atoms with van der Waals surface area (Å²) >= 11 is 12.4. The van der Waals surface area contributed by atoms with Crippen LogP contribution in [0.2, 0.25) is 0 Å². The lowest BCUT2D eigenvalue weighted by Gasteiger charge is -2.39. The Morgan fingerprint density at radius 3 is 1.45 bits per heavy atom. The van der Waals surface area contributed by atoms with Crippen molar-refractivity contribution in [1.29, 1.82) is 0 Å². The van der Waals surface area contributed by atoms with E-state index < -0.39 is 0 Å². The van der Waals surface area contributed by atoms with Crippen LogP contribution < -0.4 is 0 Å². The number of thioether (sulfide) groups is 6. The molecule has 1 saturated carbocycles. The minimum absolute atomic E-state index is 0.0129. The molecule has 8 atom stereocenters. The predicted octanol–water partition coefficient (Wildman–Crippen LogP) is 8.40. The first kappa shape index (κ1) is 35.0. The van der Waals surface area contributed by atoms with Gasteiger partial charge >= 0.3 is 11.9 Å². The topological polar surface area (TPSA) is 52.6 Å². The summed E-state index contributed by atoms with van der Waals surface area (Å²) in [5.74, 6) is 3.04. The maximum Gasteiger partial charge on any atom is 0.330 e. The molecule has 0 amide bonds. The van der Waals surface area contributed by atoms with Crippen molar-refractivity contribution in [2.75, 3.05) is 24.0 Å². The van der Waals surface area contributed by atoms with E-state index in [0.29, 0.717) is 30.2 Å². The third-order valence-corrected chi connectivity index (χ3v) is 18.2. The van der Waals surface area contributed by atoms with Gasteiger partial charge in [-0.3, -0.25) is 0 Å². The monoisotopic (exact) mass is 664 g/mol. The van der Waals surface area contributed by atoms with Crippen molar-refractivity contribution >= 4 is 82.5 Å². The summed E-state index contributed by atoms with van der Waals surface area (Å²) in [6.07, 6.45) is 16.2. The van der Waals surface area contributed by atoms with Crippen LogP contribution >= 0.6 is 70.6 Å². The van der Waals surface area contributed by atoms with E-state index in [1.807, 2.05) is 23.5 Å². The van der Waals surface area contributed by atoms with E-state index in [2.05, 4.69) is 86.6 Å². The second-order valence-electron chi connectivity index (χ2n) is 10.8. The van der Waals surface area contributed by atoms with Crippen LogP contribution in [0.5, 0.6) is 0 Å². The molecule has 0 bridgehead atoms. The van der Waals surface area contributed by atoms with Gasteiger partial charge < -0.3 is 9.47 Å². The highest BCUT2D eigenvalue weighted by Crippen LogP contribution is 2.53. The first-order valence-electron chi connectivity index (χ1n) is 14.6. The van der Waals surface area contributed by atoms with Crippen molar-refractivity contribution in [3.05, 3.63) is 25.3 Å². The van der Waals surface area contributed by atoms with E-state index in [9.17, 15) is 9.59 Å². The van der Waals surface area contributed by atoms with E-state index in [-0.39, 0.29) is 24.1 Å². The van der Waals surface area contributed by atoms with Crippen molar-refractivity contribution < 1.29 is 19.1 Å². The van der Waals surface area contributed by atoms with E-state index in [1.54, 1.807) is 0 Å². The van der Waals surface area contributed by atoms with E-state index in [4.69, 9.17) is 9.47 Å². The summed E-state index contributed by atoms with van der Waals surface area (Å²) in [6, 6.07) is 0. The van der Waals surface area contributed by atoms with Crippen LogP contribution in [0, 0.1) is 11.8 Å². The SMILES string of the molecule is C=CC(=O)OC(CCC)C1CSC(C(SC)C2CCC(C(SC)C3SCC(C(CCC)OC(=O)C=C)S3)CC2)S1. The summed E-state index contributed by atoms with van der Waals surface area (Å²) in [7, 11) is 0. The van der Waals surface area contributed by atoms with Crippen molar-refractivity contribution in [3.63, 3.8) is 0 Å². The average Bonchev–Trinajstić information content (AvgIpc) is 3.65. The first-order chi connectivity index (χ1) is 19.4. The Labute approximate surface area is 268 Å². The van der Waals surface area contributed by atoms with Gasteiger partial charge in [0.15, 0.2) is 0 Å². The van der Waals surface area contributed by atoms with Gasteiger partial charge in [-0.1, -0.05) is 39.8 Å². The molecule has 0 aromatic heterocycles. The number of esters is 2. The zero-order valence-corrected chi connectivity index (χ0v) is 29.4. The highest BCUT2D eigenvalue weighted by Gasteiger charge is 2.44. The molecule has 228 valence electrons. The number of carbonyl (C=O) groups is 2. The molecule has 40 heavy (non-hydrogen) atoms. The van der Waals surface area contributed by atoms with E-state index >= 15 is 0 Å². The van der Waals surface area contributed by atoms with E-state index in [1.165, 1.54) is 37.8 Å². The second kappa shape index (κ2) is 18.4. The molecule has 1 aliphatic carbocycles. The second-order valence-corrected chi connectivity index (χ2v) is 18.5. The number of ether oxygens (including phenoxy) is 2. The molecule has 8 unspecified atom stereocenters. The van der Waals surface area contributed by atoms with Crippen LogP contribution in [0.3, 0.4) is 0 Å². The van der Waals surface area contributed by atoms with Crippen LogP contribution in [0.25, 0.3) is 0 Å². The lowest BCUT2D eigenvalue weighted by Crippen LogP contribution is -2.35. The predicted molar refractivity (Wildman–Crippen MR) is 185 cm³/mol. The summed E-state index contributed by atoms with van der Waals surface area (Å²) < 4.78 is 12.6. The molecular formula is C30H48O4S6. The maximum atomic E-state index is 11.9. The number of hydrogen-bond acceptors (Lipinski definition) is 10. The van der Waals surface area contributed by atoms with Gasteiger partial charge in [0.05, 0.1) is 19.7 Å². The van der Waals surface area contributed by atoms with Gasteiger partial charge in [-0.25, -0.2) is 9.59 Å². The van der Waals surface area contributed by atoms with Crippen molar-refractivity contribution in [2.45, 2.75) is 108 Å². The van der Waals surface area contributed by atoms with Crippen LogP contribution in [-0.2, 0) is 19.1 Å². The van der Waals surface area contributed by atoms with Crippen LogP contribution in [-0.4, -0.2) is 78.3 Å². The number of rotatable bonds is 16. The highest BCUT2D eigenvalue weighted by molar-refractivity contribution is 8.22. The fourth-order valence-corrected chi connectivity index (χ4v) is 17.3. The Morgan fingerprint density at radius 2 is 1.15 bits per heavy atom. The lowest BCUT2D eigenvalue weighted by atomic mass is 9.79.